The van der Waals surface area contributed by atoms with Crippen LogP contribution < -0.4 is 4.90 Å². The highest BCUT2D eigenvalue weighted by Gasteiger charge is 2.34. The van der Waals surface area contributed by atoms with Gasteiger partial charge in [-0.25, -0.2) is 9.37 Å². The Labute approximate surface area is 144 Å². The molecule has 1 aliphatic rings. The quantitative estimate of drug-likeness (QED) is 0.690. The van der Waals surface area contributed by atoms with Crippen LogP contribution >= 0.6 is 0 Å². The van der Waals surface area contributed by atoms with E-state index in [-0.39, 0.29) is 17.6 Å². The number of carbonyl (C=O) groups is 1. The molecule has 1 aliphatic heterocycles. The Kier molecular flexibility index (Phi) is 3.73. The highest BCUT2D eigenvalue weighted by molar-refractivity contribution is 5.96. The van der Waals surface area contributed by atoms with E-state index >= 15 is 0 Å². The van der Waals surface area contributed by atoms with Gasteiger partial charge in [0, 0.05) is 24.6 Å². The number of halogens is 1. The Morgan fingerprint density at radius 3 is 2.72 bits per heavy atom. The summed E-state index contributed by atoms with van der Waals surface area (Å²) in [6.45, 7) is 0.926. The summed E-state index contributed by atoms with van der Waals surface area (Å²) in [5.41, 5.74) is 2.55. The van der Waals surface area contributed by atoms with Crippen molar-refractivity contribution < 1.29 is 9.18 Å². The van der Waals surface area contributed by atoms with Crippen molar-refractivity contribution in [2.45, 2.75) is 18.9 Å². The van der Waals surface area contributed by atoms with Crippen molar-refractivity contribution in [3.8, 4) is 12.3 Å². The van der Waals surface area contributed by atoms with Gasteiger partial charge in [-0.05, 0) is 36.4 Å². The molecule has 0 unspecified atom stereocenters. The van der Waals surface area contributed by atoms with E-state index in [1.807, 2.05) is 28.8 Å². The minimum Gasteiger partial charge on any atom is -0.316 e. The van der Waals surface area contributed by atoms with Gasteiger partial charge in [0.1, 0.15) is 11.6 Å². The summed E-state index contributed by atoms with van der Waals surface area (Å²) >= 11 is 0. The second kappa shape index (κ2) is 6.06. The first-order valence-electron chi connectivity index (χ1n) is 8.12. The predicted molar refractivity (Wildman–Crippen MR) is 94.7 cm³/mol. The first kappa shape index (κ1) is 15.4. The molecule has 0 radical (unpaired) electrons. The van der Waals surface area contributed by atoms with Gasteiger partial charge < -0.3 is 9.47 Å². The number of anilines is 1. The van der Waals surface area contributed by atoms with Gasteiger partial charge in [-0.3, -0.25) is 4.79 Å². The third-order valence-electron chi connectivity index (χ3n) is 4.56. The van der Waals surface area contributed by atoms with Gasteiger partial charge in [0.05, 0.1) is 17.6 Å². The molecule has 0 saturated carbocycles. The molecule has 3 aromatic rings. The van der Waals surface area contributed by atoms with Crippen LogP contribution in [0, 0.1) is 18.2 Å². The van der Waals surface area contributed by atoms with E-state index in [2.05, 4.69) is 5.92 Å². The third-order valence-corrected chi connectivity index (χ3v) is 4.56. The molecule has 124 valence electrons. The molecule has 2 heterocycles. The standard InChI is InChI=1S/C20H16FN3O/c1-2-11-23-18-6-4-3-5-17(18)22-20(23)14-12-19(25)24(13-14)16-9-7-15(21)8-10-16/h1,3-10,14H,11-13H2/t14-/m0/s1. The fraction of sp³-hybridized carbons (Fsp3) is 0.200. The lowest BCUT2D eigenvalue weighted by atomic mass is 10.1. The number of rotatable bonds is 3. The van der Waals surface area contributed by atoms with Crippen molar-refractivity contribution >= 4 is 22.6 Å². The number of imidazole rings is 1. The van der Waals surface area contributed by atoms with Crippen LogP contribution in [0.5, 0.6) is 0 Å². The maximum Gasteiger partial charge on any atom is 0.227 e. The molecule has 0 aliphatic carbocycles. The van der Waals surface area contributed by atoms with E-state index in [1.54, 1.807) is 17.0 Å². The van der Waals surface area contributed by atoms with Crippen molar-refractivity contribution in [3.05, 3.63) is 60.2 Å². The Balaban J connectivity index is 1.70. The number of carbonyl (C=O) groups excluding carboxylic acids is 1. The van der Waals surface area contributed by atoms with E-state index in [0.717, 1.165) is 16.9 Å². The Morgan fingerprint density at radius 2 is 1.96 bits per heavy atom. The van der Waals surface area contributed by atoms with E-state index in [1.165, 1.54) is 12.1 Å². The lowest BCUT2D eigenvalue weighted by Gasteiger charge is -2.17. The zero-order valence-corrected chi connectivity index (χ0v) is 13.5. The average molecular weight is 333 g/mol. The molecule has 2 aromatic carbocycles. The SMILES string of the molecule is C#CCn1c([C@H]2CC(=O)N(c3ccc(F)cc3)C2)nc2ccccc21. The molecule has 0 spiro atoms. The minimum absolute atomic E-state index is 0.0101. The van der Waals surface area contributed by atoms with Crippen molar-refractivity contribution in [1.29, 1.82) is 0 Å². The highest BCUT2D eigenvalue weighted by Crippen LogP contribution is 2.33. The molecule has 25 heavy (non-hydrogen) atoms. The highest BCUT2D eigenvalue weighted by atomic mass is 19.1. The smallest absolute Gasteiger partial charge is 0.227 e. The van der Waals surface area contributed by atoms with Gasteiger partial charge in [-0.1, -0.05) is 18.1 Å². The summed E-state index contributed by atoms with van der Waals surface area (Å²) in [5.74, 6) is 3.15. The Morgan fingerprint density at radius 1 is 1.20 bits per heavy atom. The summed E-state index contributed by atoms with van der Waals surface area (Å²) < 4.78 is 15.1. The number of hydrogen-bond donors (Lipinski definition) is 0. The van der Waals surface area contributed by atoms with Gasteiger partial charge in [0.2, 0.25) is 5.91 Å². The van der Waals surface area contributed by atoms with Crippen LogP contribution in [0.2, 0.25) is 0 Å². The molecule has 1 aromatic heterocycles. The zero-order chi connectivity index (χ0) is 17.4. The van der Waals surface area contributed by atoms with Gasteiger partial charge in [-0.2, -0.15) is 0 Å². The van der Waals surface area contributed by atoms with E-state index in [9.17, 15) is 9.18 Å². The Bertz CT molecular complexity index is 984. The molecule has 0 N–H and O–H groups in total. The number of nitrogens with zero attached hydrogens (tertiary/aromatic N) is 3. The van der Waals surface area contributed by atoms with E-state index < -0.39 is 0 Å². The summed E-state index contributed by atoms with van der Waals surface area (Å²) in [5, 5.41) is 0. The van der Waals surface area contributed by atoms with Crippen LogP contribution in [0.15, 0.2) is 48.5 Å². The first-order chi connectivity index (χ1) is 12.2. The molecule has 5 heteroatoms. The molecule has 1 amide bonds. The monoisotopic (exact) mass is 333 g/mol. The summed E-state index contributed by atoms with van der Waals surface area (Å²) in [6.07, 6.45) is 5.89. The molecule has 4 rings (SSSR count). The van der Waals surface area contributed by atoms with Crippen molar-refractivity contribution in [2.24, 2.45) is 0 Å². The molecule has 1 fully saturated rings. The fourth-order valence-corrected chi connectivity index (χ4v) is 3.41. The number of aromatic nitrogens is 2. The Hall–Kier alpha value is -3.13. The molecule has 1 atom stereocenters. The maximum absolute atomic E-state index is 13.1. The normalized spacial score (nSPS) is 17.2. The lowest BCUT2D eigenvalue weighted by Crippen LogP contribution is -2.24. The molecular formula is C20H16FN3O. The molecule has 1 saturated heterocycles. The second-order valence-corrected chi connectivity index (χ2v) is 6.13. The summed E-state index contributed by atoms with van der Waals surface area (Å²) in [7, 11) is 0. The maximum atomic E-state index is 13.1. The number of benzene rings is 2. The molecule has 4 nitrogen and oxygen atoms in total. The first-order valence-corrected chi connectivity index (χ1v) is 8.12. The van der Waals surface area contributed by atoms with Crippen LogP contribution in [-0.4, -0.2) is 22.0 Å². The van der Waals surface area contributed by atoms with Crippen molar-refractivity contribution in [2.75, 3.05) is 11.4 Å². The number of fused-ring (bicyclic) bond motifs is 1. The van der Waals surface area contributed by atoms with Crippen molar-refractivity contribution in [1.82, 2.24) is 9.55 Å². The summed E-state index contributed by atoms with van der Waals surface area (Å²) in [4.78, 5) is 18.9. The van der Waals surface area contributed by atoms with Gasteiger partial charge in [-0.15, -0.1) is 6.42 Å². The largest absolute Gasteiger partial charge is 0.316 e. The predicted octanol–water partition coefficient (Wildman–Crippen LogP) is 3.33. The van der Waals surface area contributed by atoms with Gasteiger partial charge in [0.25, 0.3) is 0 Å². The third kappa shape index (κ3) is 2.66. The fourth-order valence-electron chi connectivity index (χ4n) is 3.41. The number of terminal acetylenes is 1. The number of para-hydroxylation sites is 2. The summed E-state index contributed by atoms with van der Waals surface area (Å²) in [6, 6.07) is 13.8. The van der Waals surface area contributed by atoms with Crippen LogP contribution in [0.25, 0.3) is 11.0 Å². The van der Waals surface area contributed by atoms with Gasteiger partial charge in [0.15, 0.2) is 0 Å². The zero-order valence-electron chi connectivity index (χ0n) is 13.5. The van der Waals surface area contributed by atoms with Crippen LogP contribution in [0.3, 0.4) is 0 Å². The van der Waals surface area contributed by atoms with E-state index in [4.69, 9.17) is 11.4 Å². The van der Waals surface area contributed by atoms with Crippen LogP contribution in [-0.2, 0) is 11.3 Å². The lowest BCUT2D eigenvalue weighted by molar-refractivity contribution is -0.117. The number of amides is 1. The topological polar surface area (TPSA) is 38.1 Å². The second-order valence-electron chi connectivity index (χ2n) is 6.13. The van der Waals surface area contributed by atoms with Crippen LogP contribution in [0.1, 0.15) is 18.2 Å². The average Bonchev–Trinajstić information content (AvgIpc) is 3.17. The molecular weight excluding hydrogens is 317 g/mol. The number of hydrogen-bond acceptors (Lipinski definition) is 2. The molecule has 0 bridgehead atoms. The minimum atomic E-state index is -0.317. The van der Waals surface area contributed by atoms with Crippen molar-refractivity contribution in [3.63, 3.8) is 0 Å². The van der Waals surface area contributed by atoms with Crippen LogP contribution in [0.4, 0.5) is 10.1 Å². The van der Waals surface area contributed by atoms with Gasteiger partial charge >= 0.3 is 0 Å². The van der Waals surface area contributed by atoms with E-state index in [0.29, 0.717) is 25.2 Å².